The van der Waals surface area contributed by atoms with Crippen molar-refractivity contribution < 1.29 is 14.3 Å². The van der Waals surface area contributed by atoms with E-state index >= 15 is 0 Å². The molecule has 1 aromatic carbocycles. The molecule has 9 nitrogen and oxygen atoms in total. The molecular formula is C25H25N5O4S. The summed E-state index contributed by atoms with van der Waals surface area (Å²) in [5.74, 6) is -0.373. The molecule has 0 aliphatic heterocycles. The molecular weight excluding hydrogens is 466 g/mol. The standard InChI is InChI=1S/C25H25N5O4S/c1-4-11-28-22(31)17-34-20-9-7-8-19(15-20)27-13-10-21-25(33)30(6-3)23(35-21)14-18(16-26)24(32)29-12-5-2/h4-5,7-9,13,15,27H,1-2,6,11-12,17H2,3H3,(H,28,31)(H,29,32). The van der Waals surface area contributed by atoms with Crippen LogP contribution < -0.4 is 35.4 Å². The van der Waals surface area contributed by atoms with Gasteiger partial charge in [0.1, 0.15) is 21.0 Å². The van der Waals surface area contributed by atoms with Gasteiger partial charge < -0.3 is 20.7 Å². The number of aromatic nitrogens is 1. The SMILES string of the molecule is C=CCNC(=O)COc1cccc(NC=C=c2sc(=C=C(C#N)C(=O)NCC=C)n(CC)c2=O)c1. The second kappa shape index (κ2) is 13.9. The Morgan fingerprint density at radius 2 is 1.97 bits per heavy atom. The maximum absolute atomic E-state index is 12.7. The summed E-state index contributed by atoms with van der Waals surface area (Å²) >= 11 is 1.06. The predicted octanol–water partition coefficient (Wildman–Crippen LogP) is 0.747. The maximum Gasteiger partial charge on any atom is 0.277 e. The Morgan fingerprint density at radius 1 is 1.23 bits per heavy atom. The van der Waals surface area contributed by atoms with Gasteiger partial charge in [0.2, 0.25) is 0 Å². The van der Waals surface area contributed by atoms with E-state index in [4.69, 9.17) is 4.74 Å². The molecule has 0 radical (unpaired) electrons. The summed E-state index contributed by atoms with van der Waals surface area (Å²) in [4.78, 5) is 36.4. The topological polar surface area (TPSA) is 125 Å². The fraction of sp³-hybridized carbons (Fsp3) is 0.200. The first-order valence-corrected chi connectivity index (χ1v) is 11.4. The van der Waals surface area contributed by atoms with Crippen LogP contribution in [0.2, 0.25) is 0 Å². The van der Waals surface area contributed by atoms with Crippen LogP contribution in [-0.2, 0) is 16.1 Å². The lowest BCUT2D eigenvalue weighted by Gasteiger charge is -2.07. The van der Waals surface area contributed by atoms with Crippen molar-refractivity contribution in [2.24, 2.45) is 0 Å². The second-order valence-electron chi connectivity index (χ2n) is 6.74. The highest BCUT2D eigenvalue weighted by Gasteiger charge is 2.08. The quantitative estimate of drug-likeness (QED) is 0.242. The normalized spacial score (nSPS) is 9.49. The fourth-order valence-electron chi connectivity index (χ4n) is 2.62. The van der Waals surface area contributed by atoms with Crippen LogP contribution in [0.15, 0.2) is 66.1 Å². The highest BCUT2D eigenvalue weighted by atomic mass is 32.1. The van der Waals surface area contributed by atoms with E-state index in [9.17, 15) is 19.6 Å². The molecule has 0 aliphatic carbocycles. The molecule has 2 rings (SSSR count). The third-order valence-corrected chi connectivity index (χ3v) is 5.28. The summed E-state index contributed by atoms with van der Waals surface area (Å²) in [6.07, 6.45) is 4.54. The van der Waals surface area contributed by atoms with Gasteiger partial charge in [0.05, 0.1) is 0 Å². The number of nitriles is 1. The molecule has 1 heterocycles. The number of rotatable bonds is 11. The number of thiazole rings is 1. The van der Waals surface area contributed by atoms with Crippen LogP contribution in [0.5, 0.6) is 5.75 Å². The average molecular weight is 492 g/mol. The van der Waals surface area contributed by atoms with Crippen LogP contribution in [0.4, 0.5) is 5.69 Å². The van der Waals surface area contributed by atoms with Crippen molar-refractivity contribution in [1.82, 2.24) is 15.2 Å². The number of carbonyl (C=O) groups excluding carboxylic acids is 2. The predicted molar refractivity (Wildman–Crippen MR) is 136 cm³/mol. The number of hydrogen-bond donors (Lipinski definition) is 3. The van der Waals surface area contributed by atoms with Crippen LogP contribution >= 0.6 is 11.3 Å². The molecule has 0 unspecified atom stereocenters. The van der Waals surface area contributed by atoms with E-state index in [1.807, 2.05) is 0 Å². The van der Waals surface area contributed by atoms with Gasteiger partial charge in [0.25, 0.3) is 17.4 Å². The van der Waals surface area contributed by atoms with Gasteiger partial charge in [-0.05, 0) is 19.1 Å². The van der Waals surface area contributed by atoms with Crippen molar-refractivity contribution in [3.8, 4) is 11.8 Å². The van der Waals surface area contributed by atoms with Crippen molar-refractivity contribution in [2.75, 3.05) is 25.0 Å². The molecule has 0 saturated carbocycles. The van der Waals surface area contributed by atoms with Gasteiger partial charge in [-0.3, -0.25) is 19.0 Å². The number of hydrogen-bond acceptors (Lipinski definition) is 7. The van der Waals surface area contributed by atoms with Gasteiger partial charge >= 0.3 is 0 Å². The van der Waals surface area contributed by atoms with E-state index in [0.29, 0.717) is 29.2 Å². The molecule has 0 saturated heterocycles. The Hall–Kier alpha value is -4.54. The number of amides is 2. The fourth-order valence-corrected chi connectivity index (χ4v) is 3.61. The van der Waals surface area contributed by atoms with Crippen LogP contribution in [-0.4, -0.2) is 36.1 Å². The first-order chi connectivity index (χ1) is 16.9. The molecule has 3 N–H and O–H groups in total. The number of nitrogens with one attached hydrogen (secondary N) is 3. The van der Waals surface area contributed by atoms with E-state index in [0.717, 1.165) is 11.3 Å². The zero-order valence-electron chi connectivity index (χ0n) is 19.2. The zero-order valence-corrected chi connectivity index (χ0v) is 20.0. The molecule has 35 heavy (non-hydrogen) atoms. The Labute approximate surface area is 206 Å². The summed E-state index contributed by atoms with van der Waals surface area (Å²) in [5.41, 5.74) is 5.73. The van der Waals surface area contributed by atoms with Gasteiger partial charge in [-0.2, -0.15) is 5.26 Å². The maximum atomic E-state index is 12.7. The summed E-state index contributed by atoms with van der Waals surface area (Å²) in [7, 11) is 0. The van der Waals surface area contributed by atoms with Crippen LogP contribution in [0.25, 0.3) is 11.5 Å². The third kappa shape index (κ3) is 8.07. The van der Waals surface area contributed by atoms with E-state index < -0.39 is 5.91 Å². The molecule has 10 heteroatoms. The van der Waals surface area contributed by atoms with Gasteiger partial charge in [0.15, 0.2) is 12.2 Å². The lowest BCUT2D eigenvalue weighted by Crippen LogP contribution is -2.30. The van der Waals surface area contributed by atoms with Crippen molar-refractivity contribution in [1.29, 1.82) is 5.26 Å². The summed E-state index contributed by atoms with van der Waals surface area (Å²) in [6.45, 7) is 9.59. The molecule has 1 aromatic heterocycles. The first-order valence-electron chi connectivity index (χ1n) is 10.5. The minimum atomic E-state index is -0.598. The zero-order chi connectivity index (χ0) is 25.6. The molecule has 180 valence electrons. The highest BCUT2D eigenvalue weighted by molar-refractivity contribution is 7.07. The van der Waals surface area contributed by atoms with E-state index in [-0.39, 0.29) is 34.7 Å². The molecule has 0 spiro atoms. The van der Waals surface area contributed by atoms with Gasteiger partial charge in [-0.25, -0.2) is 0 Å². The van der Waals surface area contributed by atoms with Gasteiger partial charge in [-0.1, -0.05) is 41.0 Å². The molecule has 2 amide bonds. The van der Waals surface area contributed by atoms with Gasteiger partial charge in [0, 0.05) is 37.6 Å². The second-order valence-corrected chi connectivity index (χ2v) is 7.74. The monoisotopic (exact) mass is 491 g/mol. The average Bonchev–Trinajstić information content (AvgIpc) is 3.17. The van der Waals surface area contributed by atoms with E-state index in [1.165, 1.54) is 16.8 Å². The van der Waals surface area contributed by atoms with Crippen LogP contribution in [0.3, 0.4) is 0 Å². The third-order valence-electron chi connectivity index (χ3n) is 4.27. The number of carbonyl (C=O) groups is 2. The number of benzene rings is 1. The van der Waals surface area contributed by atoms with E-state index in [2.05, 4.69) is 40.6 Å². The Balaban J connectivity index is 2.31. The first kappa shape index (κ1) is 26.7. The largest absolute Gasteiger partial charge is 0.484 e. The summed E-state index contributed by atoms with van der Waals surface area (Å²) < 4.78 is 7.49. The van der Waals surface area contributed by atoms with Crippen LogP contribution in [0, 0.1) is 11.3 Å². The highest BCUT2D eigenvalue weighted by Crippen LogP contribution is 2.17. The minimum Gasteiger partial charge on any atom is -0.484 e. The molecule has 2 aromatic rings. The number of ether oxygens (including phenoxy) is 1. The lowest BCUT2D eigenvalue weighted by molar-refractivity contribution is -0.122. The Morgan fingerprint density at radius 3 is 2.66 bits per heavy atom. The Bertz CT molecular complexity index is 1400. The van der Waals surface area contributed by atoms with Gasteiger partial charge in [-0.15, -0.1) is 13.2 Å². The van der Waals surface area contributed by atoms with Crippen LogP contribution in [0.1, 0.15) is 6.92 Å². The number of nitrogens with zero attached hydrogens (tertiary/aromatic N) is 2. The minimum absolute atomic E-state index is 0.131. The van der Waals surface area contributed by atoms with Crippen molar-refractivity contribution >= 4 is 40.3 Å². The van der Waals surface area contributed by atoms with Crippen molar-refractivity contribution in [3.63, 3.8) is 0 Å². The molecule has 0 atom stereocenters. The van der Waals surface area contributed by atoms with E-state index in [1.54, 1.807) is 43.3 Å². The number of anilines is 1. The summed E-state index contributed by atoms with van der Waals surface area (Å²) in [5, 5.41) is 17.4. The Kier molecular flexibility index (Phi) is 10.6. The molecule has 0 fully saturated rings. The smallest absolute Gasteiger partial charge is 0.277 e. The summed E-state index contributed by atoms with van der Waals surface area (Å²) in [6, 6.07) is 8.75. The molecule has 0 aliphatic rings. The van der Waals surface area contributed by atoms with Crippen molar-refractivity contribution in [3.05, 3.63) is 80.9 Å². The lowest BCUT2D eigenvalue weighted by atomic mass is 10.3. The molecule has 0 bridgehead atoms. The van der Waals surface area contributed by atoms with Crippen molar-refractivity contribution in [2.45, 2.75) is 13.5 Å².